The van der Waals surface area contributed by atoms with E-state index in [4.69, 9.17) is 9.47 Å². The van der Waals surface area contributed by atoms with Crippen LogP contribution in [0.15, 0.2) is 29.1 Å². The van der Waals surface area contributed by atoms with Crippen molar-refractivity contribution in [3.63, 3.8) is 0 Å². The maximum Gasteiger partial charge on any atom is 0.261 e. The van der Waals surface area contributed by atoms with Gasteiger partial charge in [-0.25, -0.2) is 0 Å². The molecule has 1 amide bonds. The number of carbonyl (C=O) groups excluding carboxylic acids is 2. The SMILES string of the molecule is C[C@H]1CC(=O)c2cc(C(=O)NCc3ccc4c(c3)OCO4)c(=O)[nH]c2C1. The van der Waals surface area contributed by atoms with Crippen LogP contribution in [0.3, 0.4) is 0 Å². The van der Waals surface area contributed by atoms with E-state index in [9.17, 15) is 14.4 Å². The maximum atomic E-state index is 12.4. The van der Waals surface area contributed by atoms with Crippen LogP contribution in [0.25, 0.3) is 0 Å². The van der Waals surface area contributed by atoms with Crippen LogP contribution < -0.4 is 20.3 Å². The number of pyridine rings is 1. The Labute approximate surface area is 149 Å². The molecule has 2 N–H and O–H groups in total. The molecule has 2 aromatic rings. The minimum Gasteiger partial charge on any atom is -0.454 e. The van der Waals surface area contributed by atoms with Crippen LogP contribution >= 0.6 is 0 Å². The van der Waals surface area contributed by atoms with E-state index in [-0.39, 0.29) is 30.6 Å². The number of H-pyrrole nitrogens is 1. The van der Waals surface area contributed by atoms with E-state index >= 15 is 0 Å². The summed E-state index contributed by atoms with van der Waals surface area (Å²) in [5.74, 6) is 0.927. The molecule has 0 unspecified atom stereocenters. The average Bonchev–Trinajstić information content (AvgIpc) is 3.06. The standard InChI is InChI=1S/C19H18N2O5/c1-10-4-14-12(15(22)5-10)7-13(19(24)21-14)18(23)20-8-11-2-3-16-17(6-11)26-9-25-16/h2-3,6-7,10H,4-5,8-9H2,1H3,(H,20,23)(H,21,24)/t10-/m1/s1. The highest BCUT2D eigenvalue weighted by Gasteiger charge is 2.25. The van der Waals surface area contributed by atoms with Crippen LogP contribution in [0.4, 0.5) is 0 Å². The number of rotatable bonds is 3. The summed E-state index contributed by atoms with van der Waals surface area (Å²) in [6.45, 7) is 2.38. The maximum absolute atomic E-state index is 12.4. The van der Waals surface area contributed by atoms with Crippen LogP contribution in [0.2, 0.25) is 0 Å². The van der Waals surface area contributed by atoms with E-state index in [1.807, 2.05) is 13.0 Å². The van der Waals surface area contributed by atoms with Crippen molar-refractivity contribution < 1.29 is 19.1 Å². The number of carbonyl (C=O) groups is 2. The van der Waals surface area contributed by atoms with Gasteiger partial charge in [-0.3, -0.25) is 14.4 Å². The predicted molar refractivity (Wildman–Crippen MR) is 92.6 cm³/mol. The molecule has 0 radical (unpaired) electrons. The third-order valence-electron chi connectivity index (χ3n) is 4.64. The Morgan fingerprint density at radius 3 is 2.85 bits per heavy atom. The molecule has 2 heterocycles. The molecule has 1 aromatic heterocycles. The summed E-state index contributed by atoms with van der Waals surface area (Å²) in [6.07, 6.45) is 1.06. The highest BCUT2D eigenvalue weighted by atomic mass is 16.7. The van der Waals surface area contributed by atoms with Gasteiger partial charge in [0.05, 0.1) is 0 Å². The lowest BCUT2D eigenvalue weighted by Gasteiger charge is -2.20. The number of ketones is 1. The fourth-order valence-electron chi connectivity index (χ4n) is 3.32. The lowest BCUT2D eigenvalue weighted by atomic mass is 9.86. The van der Waals surface area contributed by atoms with E-state index in [2.05, 4.69) is 10.3 Å². The molecule has 1 aromatic carbocycles. The summed E-state index contributed by atoms with van der Waals surface area (Å²) in [4.78, 5) is 39.6. The number of hydrogen-bond donors (Lipinski definition) is 2. The molecule has 0 spiro atoms. The zero-order chi connectivity index (χ0) is 18.3. The van der Waals surface area contributed by atoms with E-state index < -0.39 is 11.5 Å². The van der Waals surface area contributed by atoms with E-state index in [0.29, 0.717) is 35.6 Å². The summed E-state index contributed by atoms with van der Waals surface area (Å²) in [5, 5.41) is 2.71. The van der Waals surface area contributed by atoms with Crippen LogP contribution in [0.1, 0.15) is 45.3 Å². The Morgan fingerprint density at radius 2 is 2.00 bits per heavy atom. The first-order chi connectivity index (χ1) is 12.5. The van der Waals surface area contributed by atoms with Crippen LogP contribution in [0.5, 0.6) is 11.5 Å². The van der Waals surface area contributed by atoms with Crippen molar-refractivity contribution >= 4 is 11.7 Å². The number of hydrogen-bond acceptors (Lipinski definition) is 5. The van der Waals surface area contributed by atoms with E-state index in [1.165, 1.54) is 6.07 Å². The Bertz CT molecular complexity index is 963. The van der Waals surface area contributed by atoms with Gasteiger partial charge in [0.25, 0.3) is 11.5 Å². The third-order valence-corrected chi connectivity index (χ3v) is 4.64. The Hall–Kier alpha value is -3.09. The van der Waals surface area contributed by atoms with Gasteiger partial charge in [0, 0.05) is 24.2 Å². The van der Waals surface area contributed by atoms with Gasteiger partial charge >= 0.3 is 0 Å². The molecule has 0 fully saturated rings. The molecule has 2 aliphatic rings. The second kappa shape index (κ2) is 6.33. The fraction of sp³-hybridized carbons (Fsp3) is 0.316. The van der Waals surface area contributed by atoms with Crippen molar-refractivity contribution in [1.29, 1.82) is 0 Å². The van der Waals surface area contributed by atoms with Crippen molar-refractivity contribution in [3.8, 4) is 11.5 Å². The molecule has 0 bridgehead atoms. The normalized spacial score (nSPS) is 17.7. The van der Waals surface area contributed by atoms with Crippen molar-refractivity contribution in [2.75, 3.05) is 6.79 Å². The van der Waals surface area contributed by atoms with Crippen LogP contribution in [0, 0.1) is 5.92 Å². The number of fused-ring (bicyclic) bond motifs is 2. The van der Waals surface area contributed by atoms with Gasteiger partial charge < -0.3 is 19.8 Å². The summed E-state index contributed by atoms with van der Waals surface area (Å²) in [7, 11) is 0. The summed E-state index contributed by atoms with van der Waals surface area (Å²) < 4.78 is 10.6. The quantitative estimate of drug-likeness (QED) is 0.876. The van der Waals surface area contributed by atoms with Crippen molar-refractivity contribution in [1.82, 2.24) is 10.3 Å². The zero-order valence-corrected chi connectivity index (χ0v) is 14.3. The van der Waals surface area contributed by atoms with Crippen molar-refractivity contribution in [3.05, 3.63) is 57.0 Å². The highest BCUT2D eigenvalue weighted by Crippen LogP contribution is 2.32. The summed E-state index contributed by atoms with van der Waals surface area (Å²) >= 11 is 0. The van der Waals surface area contributed by atoms with Gasteiger partial charge in [-0.05, 0) is 36.1 Å². The molecule has 4 rings (SSSR count). The van der Waals surface area contributed by atoms with Crippen molar-refractivity contribution in [2.24, 2.45) is 5.92 Å². The molecule has 1 aliphatic carbocycles. The predicted octanol–water partition coefficient (Wildman–Crippen LogP) is 1.80. The van der Waals surface area contributed by atoms with Gasteiger partial charge in [-0.2, -0.15) is 0 Å². The second-order valence-corrected chi connectivity index (χ2v) is 6.71. The Balaban J connectivity index is 1.52. The van der Waals surface area contributed by atoms with E-state index in [1.54, 1.807) is 12.1 Å². The molecule has 1 aliphatic heterocycles. The molecule has 134 valence electrons. The van der Waals surface area contributed by atoms with Crippen molar-refractivity contribution in [2.45, 2.75) is 26.3 Å². The average molecular weight is 354 g/mol. The minimum atomic E-state index is -0.516. The van der Waals surface area contributed by atoms with E-state index in [0.717, 1.165) is 5.56 Å². The molecule has 0 saturated heterocycles. The highest BCUT2D eigenvalue weighted by molar-refractivity contribution is 6.01. The van der Waals surface area contributed by atoms with Gasteiger partial charge in [-0.15, -0.1) is 0 Å². The first-order valence-corrected chi connectivity index (χ1v) is 8.47. The Kier molecular flexibility index (Phi) is 3.99. The number of aromatic amines is 1. The topological polar surface area (TPSA) is 97.5 Å². The number of nitrogens with one attached hydrogen (secondary N) is 2. The molecule has 0 saturated carbocycles. The van der Waals surface area contributed by atoms with Gasteiger partial charge in [-0.1, -0.05) is 13.0 Å². The molecule has 26 heavy (non-hydrogen) atoms. The van der Waals surface area contributed by atoms with Crippen LogP contribution in [-0.2, 0) is 13.0 Å². The number of aromatic nitrogens is 1. The number of ether oxygens (including phenoxy) is 2. The number of amides is 1. The lowest BCUT2D eigenvalue weighted by molar-refractivity contribution is 0.0949. The fourth-order valence-corrected chi connectivity index (χ4v) is 3.32. The first-order valence-electron chi connectivity index (χ1n) is 8.47. The molecular weight excluding hydrogens is 336 g/mol. The minimum absolute atomic E-state index is 0.0418. The number of benzene rings is 1. The largest absolute Gasteiger partial charge is 0.454 e. The molecule has 1 atom stereocenters. The van der Waals surface area contributed by atoms with Gasteiger partial charge in [0.1, 0.15) is 5.56 Å². The monoisotopic (exact) mass is 354 g/mol. The number of Topliss-reactive ketones (excluding diaryl/α,β-unsaturated/α-hetero) is 1. The molecule has 7 heteroatoms. The smallest absolute Gasteiger partial charge is 0.261 e. The zero-order valence-electron chi connectivity index (χ0n) is 14.3. The van der Waals surface area contributed by atoms with Gasteiger partial charge in [0.15, 0.2) is 17.3 Å². The van der Waals surface area contributed by atoms with Gasteiger partial charge in [0.2, 0.25) is 6.79 Å². The molecular formula is C19H18N2O5. The lowest BCUT2D eigenvalue weighted by Crippen LogP contribution is -2.32. The summed E-state index contributed by atoms with van der Waals surface area (Å²) in [5.41, 5.74) is 1.35. The first kappa shape index (κ1) is 16.4. The third kappa shape index (κ3) is 2.96. The second-order valence-electron chi connectivity index (χ2n) is 6.71. The van der Waals surface area contributed by atoms with Crippen LogP contribution in [-0.4, -0.2) is 23.5 Å². The Morgan fingerprint density at radius 1 is 1.19 bits per heavy atom. The summed E-state index contributed by atoms with van der Waals surface area (Å²) in [6, 6.07) is 6.78. The molecule has 7 nitrogen and oxygen atoms in total.